The monoisotopic (exact) mass is 491 g/mol. The van der Waals surface area contributed by atoms with Gasteiger partial charge in [0.2, 0.25) is 0 Å². The average molecular weight is 491 g/mol. The van der Waals surface area contributed by atoms with Crippen LogP contribution in [0.1, 0.15) is 18.4 Å². The van der Waals surface area contributed by atoms with Crippen molar-refractivity contribution in [1.82, 2.24) is 9.97 Å². The number of rotatable bonds is 4. The minimum atomic E-state index is -1.37. The van der Waals surface area contributed by atoms with E-state index in [-0.39, 0.29) is 40.6 Å². The number of piperidine rings is 1. The first-order valence-electron chi connectivity index (χ1n) is 11.3. The highest BCUT2D eigenvalue weighted by Gasteiger charge is 2.35. The van der Waals surface area contributed by atoms with Crippen molar-refractivity contribution in [2.45, 2.75) is 18.4 Å². The van der Waals surface area contributed by atoms with E-state index in [9.17, 15) is 15.3 Å². The van der Waals surface area contributed by atoms with Crippen LogP contribution in [0.25, 0.3) is 32.8 Å². The number of β-amino-alcohol motifs (C(OH)–C–C–N with tert-alkyl or cyclic N) is 1. The van der Waals surface area contributed by atoms with Crippen molar-refractivity contribution in [3.05, 3.63) is 53.6 Å². The Balaban J connectivity index is 1.80. The number of phenols is 1. The summed E-state index contributed by atoms with van der Waals surface area (Å²) in [6.07, 6.45) is 6.58. The summed E-state index contributed by atoms with van der Waals surface area (Å²) in [5.74, 6) is 0.665. The van der Waals surface area contributed by atoms with E-state index in [4.69, 9.17) is 11.2 Å². The highest BCUT2D eigenvalue weighted by Crippen LogP contribution is 2.41. The van der Waals surface area contributed by atoms with Gasteiger partial charge in [-0.25, -0.2) is 8.78 Å². The van der Waals surface area contributed by atoms with Gasteiger partial charge in [0.15, 0.2) is 5.82 Å². The minimum absolute atomic E-state index is 0.0203. The van der Waals surface area contributed by atoms with Crippen molar-refractivity contribution in [3.63, 3.8) is 0 Å². The van der Waals surface area contributed by atoms with Crippen molar-refractivity contribution in [2.24, 2.45) is 0 Å². The number of hydrogen-bond donors (Lipinski definition) is 3. The SMILES string of the molecule is C#Cc1cccc2cc(O)cc(-c3c(F)cc4c(N5CCCC(O)(CO)C5)nc(OC)nc4c3F)c12. The molecule has 9 heteroatoms. The van der Waals surface area contributed by atoms with Gasteiger partial charge in [-0.2, -0.15) is 9.97 Å². The number of terminal acetylenes is 1. The van der Waals surface area contributed by atoms with Gasteiger partial charge in [-0.3, -0.25) is 0 Å². The third kappa shape index (κ3) is 3.85. The van der Waals surface area contributed by atoms with Crippen LogP contribution in [-0.2, 0) is 0 Å². The summed E-state index contributed by atoms with van der Waals surface area (Å²) in [7, 11) is 1.33. The normalized spacial score (nSPS) is 17.9. The van der Waals surface area contributed by atoms with Crippen LogP contribution in [0.3, 0.4) is 0 Å². The van der Waals surface area contributed by atoms with Crippen LogP contribution in [0.2, 0.25) is 0 Å². The second-order valence-electron chi connectivity index (χ2n) is 8.93. The van der Waals surface area contributed by atoms with Crippen LogP contribution in [0.5, 0.6) is 11.8 Å². The number of fused-ring (bicyclic) bond motifs is 2. The Morgan fingerprint density at radius 2 is 2.03 bits per heavy atom. The maximum atomic E-state index is 16.2. The molecule has 1 aliphatic heterocycles. The molecule has 7 nitrogen and oxygen atoms in total. The molecule has 0 bridgehead atoms. The summed E-state index contributed by atoms with van der Waals surface area (Å²) >= 11 is 0. The molecule has 0 spiro atoms. The molecule has 1 unspecified atom stereocenters. The molecule has 3 aromatic carbocycles. The number of nitrogens with zero attached hydrogens (tertiary/aromatic N) is 3. The second-order valence-corrected chi connectivity index (χ2v) is 8.93. The zero-order chi connectivity index (χ0) is 25.6. The zero-order valence-corrected chi connectivity index (χ0v) is 19.4. The van der Waals surface area contributed by atoms with E-state index in [0.717, 1.165) is 6.07 Å². The Hall–Kier alpha value is -4.00. The first-order valence-corrected chi connectivity index (χ1v) is 11.3. The van der Waals surface area contributed by atoms with Crippen molar-refractivity contribution >= 4 is 27.5 Å². The molecular weight excluding hydrogens is 468 g/mol. The zero-order valence-electron chi connectivity index (χ0n) is 19.4. The van der Waals surface area contributed by atoms with Gasteiger partial charge in [-0.15, -0.1) is 6.42 Å². The molecule has 1 saturated heterocycles. The van der Waals surface area contributed by atoms with Gasteiger partial charge in [0.25, 0.3) is 0 Å². The first-order chi connectivity index (χ1) is 17.3. The molecule has 0 radical (unpaired) electrons. The summed E-state index contributed by atoms with van der Waals surface area (Å²) in [6.45, 7) is 0.0103. The largest absolute Gasteiger partial charge is 0.508 e. The lowest BCUT2D eigenvalue weighted by atomic mass is 9.92. The quantitative estimate of drug-likeness (QED) is 0.374. The fraction of sp³-hybridized carbons (Fsp3) is 0.259. The predicted molar refractivity (Wildman–Crippen MR) is 132 cm³/mol. The lowest BCUT2D eigenvalue weighted by Crippen LogP contribution is -2.50. The molecule has 4 aromatic rings. The number of methoxy groups -OCH3 is 1. The van der Waals surface area contributed by atoms with Gasteiger partial charge in [0, 0.05) is 28.4 Å². The molecule has 2 heterocycles. The molecule has 0 amide bonds. The summed E-state index contributed by atoms with van der Waals surface area (Å²) in [5.41, 5.74) is -1.46. The number of ether oxygens (including phenoxy) is 1. The predicted octanol–water partition coefficient (Wildman–Crippen LogP) is 3.75. The van der Waals surface area contributed by atoms with Crippen LogP contribution < -0.4 is 9.64 Å². The van der Waals surface area contributed by atoms with E-state index in [2.05, 4.69) is 15.9 Å². The van der Waals surface area contributed by atoms with Crippen molar-refractivity contribution in [3.8, 4) is 35.2 Å². The van der Waals surface area contributed by atoms with E-state index in [1.165, 1.54) is 19.2 Å². The Labute approximate surface area is 205 Å². The molecule has 1 aliphatic rings. The highest BCUT2D eigenvalue weighted by molar-refractivity contribution is 6.04. The maximum Gasteiger partial charge on any atom is 0.318 e. The van der Waals surface area contributed by atoms with Gasteiger partial charge in [-0.1, -0.05) is 18.1 Å². The summed E-state index contributed by atoms with van der Waals surface area (Å²) in [5, 5.41) is 31.6. The van der Waals surface area contributed by atoms with Gasteiger partial charge in [-0.05, 0) is 42.5 Å². The number of aromatic hydroxyl groups is 1. The topological polar surface area (TPSA) is 98.9 Å². The lowest BCUT2D eigenvalue weighted by molar-refractivity contribution is -0.0242. The third-order valence-electron chi connectivity index (χ3n) is 6.56. The highest BCUT2D eigenvalue weighted by atomic mass is 19.1. The molecular formula is C27H23F2N3O4. The number of phenolic OH excluding ortho intramolecular Hbond substituents is 1. The summed E-state index contributed by atoms with van der Waals surface area (Å²) in [6, 6.07) is 8.77. The van der Waals surface area contributed by atoms with E-state index in [0.29, 0.717) is 35.7 Å². The van der Waals surface area contributed by atoms with Crippen molar-refractivity contribution in [2.75, 3.05) is 31.7 Å². The molecule has 184 valence electrons. The van der Waals surface area contributed by atoms with E-state index >= 15 is 8.78 Å². The number of halogens is 2. The van der Waals surface area contributed by atoms with Gasteiger partial charge < -0.3 is 25.0 Å². The minimum Gasteiger partial charge on any atom is -0.508 e. The Kier molecular flexibility index (Phi) is 5.86. The average Bonchev–Trinajstić information content (AvgIpc) is 2.87. The molecule has 1 fully saturated rings. The molecule has 3 N–H and O–H groups in total. The standard InChI is InChI=1S/C27H23F2N3O4/c1-3-15-6-4-7-16-10-17(34)11-18(21(15)16)22-20(28)12-19-24(23(22)29)30-26(36-2)31-25(19)32-9-5-8-27(35,13-32)14-33/h1,4,6-7,10-12,33-35H,5,8-9,13-14H2,2H3. The van der Waals surface area contributed by atoms with Gasteiger partial charge in [0.1, 0.15) is 28.5 Å². The second kappa shape index (κ2) is 8.90. The Morgan fingerprint density at radius 1 is 1.22 bits per heavy atom. The number of aromatic nitrogens is 2. The summed E-state index contributed by atoms with van der Waals surface area (Å²) in [4.78, 5) is 10.1. The number of anilines is 1. The van der Waals surface area contributed by atoms with E-state index < -0.39 is 29.4 Å². The third-order valence-corrected chi connectivity index (χ3v) is 6.56. The molecule has 36 heavy (non-hydrogen) atoms. The van der Waals surface area contributed by atoms with Crippen LogP contribution in [0.4, 0.5) is 14.6 Å². The summed E-state index contributed by atoms with van der Waals surface area (Å²) < 4.78 is 37.1. The Morgan fingerprint density at radius 3 is 2.75 bits per heavy atom. The number of benzene rings is 3. The molecule has 0 saturated carbocycles. The Bertz CT molecular complexity index is 1550. The maximum absolute atomic E-state index is 16.2. The van der Waals surface area contributed by atoms with E-state index in [1.807, 2.05) is 0 Å². The number of aliphatic hydroxyl groups is 2. The molecule has 0 aliphatic carbocycles. The van der Waals surface area contributed by atoms with E-state index in [1.54, 1.807) is 23.1 Å². The number of aliphatic hydroxyl groups excluding tert-OH is 1. The lowest BCUT2D eigenvalue weighted by Gasteiger charge is -2.39. The van der Waals surface area contributed by atoms with Gasteiger partial charge in [0.05, 0.1) is 25.8 Å². The fourth-order valence-corrected chi connectivity index (χ4v) is 4.89. The molecule has 1 atom stereocenters. The van der Waals surface area contributed by atoms with Crippen LogP contribution in [0.15, 0.2) is 36.4 Å². The fourth-order valence-electron chi connectivity index (χ4n) is 4.89. The molecule has 1 aromatic heterocycles. The van der Waals surface area contributed by atoms with Crippen molar-refractivity contribution in [1.29, 1.82) is 0 Å². The van der Waals surface area contributed by atoms with Crippen LogP contribution >= 0.6 is 0 Å². The first kappa shape index (κ1) is 23.7. The van der Waals surface area contributed by atoms with Crippen LogP contribution in [0, 0.1) is 24.0 Å². The smallest absolute Gasteiger partial charge is 0.318 e. The van der Waals surface area contributed by atoms with Crippen molar-refractivity contribution < 1.29 is 28.8 Å². The number of hydrogen-bond acceptors (Lipinski definition) is 7. The molecule has 5 rings (SSSR count). The van der Waals surface area contributed by atoms with Crippen LogP contribution in [-0.4, -0.2) is 57.7 Å². The van der Waals surface area contributed by atoms with Gasteiger partial charge >= 0.3 is 6.01 Å².